The molecule has 0 aliphatic carbocycles. The van der Waals surface area contributed by atoms with Crippen LogP contribution in [0.2, 0.25) is 0 Å². The average molecular weight is 251 g/mol. The molecule has 1 N–H and O–H groups in total. The maximum absolute atomic E-state index is 11.9. The summed E-state index contributed by atoms with van der Waals surface area (Å²) in [5.74, 6) is -1.30. The lowest BCUT2D eigenvalue weighted by Gasteiger charge is -2.04. The molecule has 98 valence electrons. The van der Waals surface area contributed by atoms with Crippen molar-refractivity contribution < 1.29 is 23.1 Å². The first-order valence-corrected chi connectivity index (χ1v) is 5.18. The highest BCUT2D eigenvalue weighted by Crippen LogP contribution is 2.27. The number of aromatic nitrogens is 1. The first-order chi connectivity index (χ1) is 7.91. The van der Waals surface area contributed by atoms with Crippen LogP contribution in [0.1, 0.15) is 43.7 Å². The number of carbonyl (C=O) groups is 1. The van der Waals surface area contributed by atoms with Crippen LogP contribution in [0.15, 0.2) is 18.3 Å². The van der Waals surface area contributed by atoms with Gasteiger partial charge in [0.15, 0.2) is 0 Å². The lowest BCUT2D eigenvalue weighted by molar-refractivity contribution is -0.141. The van der Waals surface area contributed by atoms with Crippen LogP contribution in [0, 0.1) is 0 Å². The van der Waals surface area contributed by atoms with Gasteiger partial charge in [0.2, 0.25) is 0 Å². The molecular weight excluding hydrogens is 235 g/mol. The number of carboxylic acid groups (broad SMARTS) is 1. The second-order valence-electron chi connectivity index (χ2n) is 2.24. The number of aromatic carboxylic acids is 1. The molecular formula is C11H16F3NO2. The largest absolute Gasteiger partial charge is 0.478 e. The van der Waals surface area contributed by atoms with E-state index in [1.165, 1.54) is 0 Å². The first kappa shape index (κ1) is 17.8. The van der Waals surface area contributed by atoms with Gasteiger partial charge in [-0.15, -0.1) is 0 Å². The molecule has 6 heteroatoms. The van der Waals surface area contributed by atoms with Crippen LogP contribution in [0.25, 0.3) is 0 Å². The Bertz CT molecular complexity index is 320. The van der Waals surface area contributed by atoms with Gasteiger partial charge in [0.1, 0.15) is 5.69 Å². The Balaban J connectivity index is 0. The minimum absolute atomic E-state index is 0.270. The highest BCUT2D eigenvalue weighted by atomic mass is 19.4. The van der Waals surface area contributed by atoms with Crippen LogP contribution >= 0.6 is 0 Å². The fourth-order valence-corrected chi connectivity index (χ4v) is 0.688. The Morgan fingerprint density at radius 1 is 1.18 bits per heavy atom. The molecule has 0 aliphatic rings. The van der Waals surface area contributed by atoms with Gasteiger partial charge in [-0.3, -0.25) is 4.98 Å². The summed E-state index contributed by atoms with van der Waals surface area (Å²) in [6.07, 6.45) is -3.86. The van der Waals surface area contributed by atoms with Gasteiger partial charge in [0.25, 0.3) is 0 Å². The molecule has 0 aliphatic heterocycles. The standard InChI is InChI=1S/C7H4F3NO2.2C2H6/c8-7(9,10)5-2-1-4(3-11-5)6(12)13;2*1-2/h1-3H,(H,12,13);2*1-2H3. The van der Waals surface area contributed by atoms with E-state index >= 15 is 0 Å². The van der Waals surface area contributed by atoms with Crippen LogP contribution in [0.3, 0.4) is 0 Å². The highest BCUT2D eigenvalue weighted by molar-refractivity contribution is 5.87. The van der Waals surface area contributed by atoms with Gasteiger partial charge in [0.05, 0.1) is 5.56 Å². The van der Waals surface area contributed by atoms with Gasteiger partial charge in [-0.25, -0.2) is 4.79 Å². The van der Waals surface area contributed by atoms with Crippen molar-refractivity contribution in [1.29, 1.82) is 0 Å². The van der Waals surface area contributed by atoms with Crippen molar-refractivity contribution in [3.05, 3.63) is 29.6 Å². The molecule has 0 unspecified atom stereocenters. The molecule has 1 rings (SSSR count). The average Bonchev–Trinajstić information content (AvgIpc) is 2.33. The van der Waals surface area contributed by atoms with Crippen molar-refractivity contribution in [2.45, 2.75) is 33.9 Å². The Morgan fingerprint density at radius 2 is 1.65 bits per heavy atom. The molecule has 0 saturated heterocycles. The third-order valence-corrected chi connectivity index (χ3v) is 1.30. The van der Waals surface area contributed by atoms with Gasteiger partial charge < -0.3 is 5.11 Å². The SMILES string of the molecule is CC.CC.O=C(O)c1ccc(C(F)(F)F)nc1. The predicted molar refractivity (Wildman–Crippen MR) is 58.9 cm³/mol. The third-order valence-electron chi connectivity index (χ3n) is 1.30. The van der Waals surface area contributed by atoms with Gasteiger partial charge in [0, 0.05) is 6.20 Å². The van der Waals surface area contributed by atoms with Crippen molar-refractivity contribution in [2.75, 3.05) is 0 Å². The van der Waals surface area contributed by atoms with Crippen molar-refractivity contribution in [3.63, 3.8) is 0 Å². The Morgan fingerprint density at radius 3 is 1.88 bits per heavy atom. The molecule has 17 heavy (non-hydrogen) atoms. The quantitative estimate of drug-likeness (QED) is 0.824. The highest BCUT2D eigenvalue weighted by Gasteiger charge is 2.32. The lowest BCUT2D eigenvalue weighted by atomic mass is 10.2. The van der Waals surface area contributed by atoms with E-state index in [1.807, 2.05) is 27.7 Å². The van der Waals surface area contributed by atoms with Crippen LogP contribution < -0.4 is 0 Å². The van der Waals surface area contributed by atoms with Crippen LogP contribution in [-0.2, 0) is 6.18 Å². The Kier molecular flexibility index (Phi) is 8.95. The number of halogens is 3. The van der Waals surface area contributed by atoms with Crippen LogP contribution in [-0.4, -0.2) is 16.1 Å². The number of pyridine rings is 1. The Labute approximate surface area is 98.3 Å². The van der Waals surface area contributed by atoms with Gasteiger partial charge >= 0.3 is 12.1 Å². The van der Waals surface area contributed by atoms with Crippen LogP contribution in [0.4, 0.5) is 13.2 Å². The van der Waals surface area contributed by atoms with E-state index < -0.39 is 17.8 Å². The van der Waals surface area contributed by atoms with Gasteiger partial charge in [-0.2, -0.15) is 13.2 Å². The van der Waals surface area contributed by atoms with Gasteiger partial charge in [-0.05, 0) is 12.1 Å². The number of alkyl halides is 3. The van der Waals surface area contributed by atoms with E-state index in [4.69, 9.17) is 5.11 Å². The molecule has 0 fully saturated rings. The second-order valence-corrected chi connectivity index (χ2v) is 2.24. The summed E-state index contributed by atoms with van der Waals surface area (Å²) in [6.45, 7) is 8.00. The van der Waals surface area contributed by atoms with E-state index in [-0.39, 0.29) is 5.56 Å². The molecule has 0 spiro atoms. The lowest BCUT2D eigenvalue weighted by Crippen LogP contribution is -2.08. The molecule has 1 aromatic heterocycles. The third kappa shape index (κ3) is 6.55. The van der Waals surface area contributed by atoms with Crippen molar-refractivity contribution >= 4 is 5.97 Å². The van der Waals surface area contributed by atoms with E-state index in [1.54, 1.807) is 0 Å². The van der Waals surface area contributed by atoms with Crippen molar-refractivity contribution in [3.8, 4) is 0 Å². The number of hydrogen-bond donors (Lipinski definition) is 1. The smallest absolute Gasteiger partial charge is 0.433 e. The summed E-state index contributed by atoms with van der Waals surface area (Å²) < 4.78 is 35.7. The maximum atomic E-state index is 11.9. The number of carboxylic acids is 1. The maximum Gasteiger partial charge on any atom is 0.433 e. The number of hydrogen-bond acceptors (Lipinski definition) is 2. The van der Waals surface area contributed by atoms with Gasteiger partial charge in [-0.1, -0.05) is 27.7 Å². The zero-order chi connectivity index (χ0) is 14.1. The second kappa shape index (κ2) is 8.55. The zero-order valence-corrected chi connectivity index (χ0v) is 10.2. The fourth-order valence-electron chi connectivity index (χ4n) is 0.688. The molecule has 1 aromatic rings. The van der Waals surface area contributed by atoms with Crippen molar-refractivity contribution in [1.82, 2.24) is 4.98 Å². The molecule has 0 radical (unpaired) electrons. The molecule has 3 nitrogen and oxygen atoms in total. The van der Waals surface area contributed by atoms with E-state index in [2.05, 4.69) is 4.98 Å². The number of nitrogens with zero attached hydrogens (tertiary/aromatic N) is 1. The minimum Gasteiger partial charge on any atom is -0.478 e. The Hall–Kier alpha value is -1.59. The summed E-state index contributed by atoms with van der Waals surface area (Å²) in [7, 11) is 0. The van der Waals surface area contributed by atoms with E-state index in [9.17, 15) is 18.0 Å². The minimum atomic E-state index is -4.53. The molecule has 1 heterocycles. The monoisotopic (exact) mass is 251 g/mol. The summed E-state index contributed by atoms with van der Waals surface area (Å²) >= 11 is 0. The van der Waals surface area contributed by atoms with E-state index in [0.717, 1.165) is 6.07 Å². The summed E-state index contributed by atoms with van der Waals surface area (Å²) in [5, 5.41) is 8.36. The summed E-state index contributed by atoms with van der Waals surface area (Å²) in [4.78, 5) is 13.2. The van der Waals surface area contributed by atoms with Crippen LogP contribution in [0.5, 0.6) is 0 Å². The molecule has 0 bridgehead atoms. The topological polar surface area (TPSA) is 50.2 Å². The van der Waals surface area contributed by atoms with E-state index in [0.29, 0.717) is 12.3 Å². The fraction of sp³-hybridized carbons (Fsp3) is 0.455. The summed E-state index contributed by atoms with van der Waals surface area (Å²) in [6, 6.07) is 1.49. The van der Waals surface area contributed by atoms with Crippen molar-refractivity contribution in [2.24, 2.45) is 0 Å². The number of rotatable bonds is 1. The molecule has 0 aromatic carbocycles. The normalized spacial score (nSPS) is 9.35. The summed E-state index contributed by atoms with van der Waals surface area (Å²) in [5.41, 5.74) is -1.37. The first-order valence-electron chi connectivity index (χ1n) is 5.18. The molecule has 0 saturated carbocycles. The molecule has 0 atom stereocenters. The zero-order valence-electron chi connectivity index (χ0n) is 10.2. The predicted octanol–water partition coefficient (Wildman–Crippen LogP) is 3.85. The molecule has 0 amide bonds.